The lowest BCUT2D eigenvalue weighted by Crippen LogP contribution is -2.23. The lowest BCUT2D eigenvalue weighted by molar-refractivity contribution is -0.121. The van der Waals surface area contributed by atoms with E-state index in [1.54, 1.807) is 18.2 Å². The monoisotopic (exact) mass is 355 g/mol. The van der Waals surface area contributed by atoms with Gasteiger partial charge >= 0.3 is 5.97 Å². The largest absolute Gasteiger partial charge is 0.490 e. The summed E-state index contributed by atoms with van der Waals surface area (Å²) in [7, 11) is 0. The first kappa shape index (κ1) is 17.8. The van der Waals surface area contributed by atoms with Gasteiger partial charge in [0, 0.05) is 19.4 Å². The molecule has 0 spiro atoms. The molecule has 0 saturated carbocycles. The third kappa shape index (κ3) is 4.75. The van der Waals surface area contributed by atoms with Crippen molar-refractivity contribution in [2.24, 2.45) is 0 Å². The van der Waals surface area contributed by atoms with Crippen LogP contribution in [0.3, 0.4) is 0 Å². The molecule has 26 heavy (non-hydrogen) atoms. The van der Waals surface area contributed by atoms with Crippen molar-refractivity contribution in [1.82, 2.24) is 5.32 Å². The van der Waals surface area contributed by atoms with Crippen LogP contribution in [0.4, 0.5) is 0 Å². The van der Waals surface area contributed by atoms with Crippen molar-refractivity contribution < 1.29 is 24.2 Å². The molecule has 6 nitrogen and oxygen atoms in total. The van der Waals surface area contributed by atoms with E-state index in [4.69, 9.17) is 14.6 Å². The molecule has 3 rings (SSSR count). The van der Waals surface area contributed by atoms with Gasteiger partial charge in [-0.3, -0.25) is 4.79 Å². The third-order valence-corrected chi connectivity index (χ3v) is 4.12. The van der Waals surface area contributed by atoms with Crippen LogP contribution in [0.25, 0.3) is 0 Å². The first-order valence-corrected chi connectivity index (χ1v) is 8.59. The number of amides is 1. The van der Waals surface area contributed by atoms with Crippen molar-refractivity contribution in [2.75, 3.05) is 13.2 Å². The van der Waals surface area contributed by atoms with Gasteiger partial charge < -0.3 is 19.9 Å². The lowest BCUT2D eigenvalue weighted by atomic mass is 10.1. The van der Waals surface area contributed by atoms with Crippen LogP contribution in [-0.2, 0) is 17.8 Å². The molecule has 2 aromatic carbocycles. The Morgan fingerprint density at radius 1 is 1.00 bits per heavy atom. The van der Waals surface area contributed by atoms with Crippen LogP contribution < -0.4 is 14.8 Å². The van der Waals surface area contributed by atoms with Gasteiger partial charge in [0.2, 0.25) is 5.91 Å². The molecule has 1 aliphatic heterocycles. The van der Waals surface area contributed by atoms with Gasteiger partial charge in [-0.15, -0.1) is 0 Å². The SMILES string of the molecule is O=C(CCc1ccc2c(c1)OCCCO2)NCc1cccc(C(=O)O)c1. The fourth-order valence-electron chi connectivity index (χ4n) is 2.72. The van der Waals surface area contributed by atoms with Crippen LogP contribution in [-0.4, -0.2) is 30.2 Å². The van der Waals surface area contributed by atoms with Crippen LogP contribution >= 0.6 is 0 Å². The maximum atomic E-state index is 12.1. The van der Waals surface area contributed by atoms with Gasteiger partial charge in [0.05, 0.1) is 18.8 Å². The maximum absolute atomic E-state index is 12.1. The van der Waals surface area contributed by atoms with Crippen molar-refractivity contribution in [3.63, 3.8) is 0 Å². The molecule has 0 radical (unpaired) electrons. The summed E-state index contributed by atoms with van der Waals surface area (Å²) in [5, 5.41) is 11.8. The van der Waals surface area contributed by atoms with Crippen LogP contribution in [0.15, 0.2) is 42.5 Å². The van der Waals surface area contributed by atoms with Gasteiger partial charge in [-0.2, -0.15) is 0 Å². The number of fused-ring (bicyclic) bond motifs is 1. The number of benzene rings is 2. The summed E-state index contributed by atoms with van der Waals surface area (Å²) in [5.74, 6) is 0.408. The quantitative estimate of drug-likeness (QED) is 0.832. The van der Waals surface area contributed by atoms with Gasteiger partial charge in [0.15, 0.2) is 11.5 Å². The van der Waals surface area contributed by atoms with E-state index in [9.17, 15) is 9.59 Å². The summed E-state index contributed by atoms with van der Waals surface area (Å²) in [6, 6.07) is 12.3. The fourth-order valence-corrected chi connectivity index (χ4v) is 2.72. The molecule has 0 fully saturated rings. The summed E-state index contributed by atoms with van der Waals surface area (Å²) in [6.45, 7) is 1.59. The zero-order valence-electron chi connectivity index (χ0n) is 14.4. The fraction of sp³-hybridized carbons (Fsp3) is 0.300. The highest BCUT2D eigenvalue weighted by Gasteiger charge is 2.11. The Balaban J connectivity index is 1.50. The minimum atomic E-state index is -0.979. The number of rotatable bonds is 6. The average molecular weight is 355 g/mol. The number of carboxylic acid groups (broad SMARTS) is 1. The second kappa shape index (κ2) is 8.38. The summed E-state index contributed by atoms with van der Waals surface area (Å²) in [5.41, 5.74) is 1.98. The Labute approximate surface area is 151 Å². The number of carbonyl (C=O) groups is 2. The van der Waals surface area contributed by atoms with Gasteiger partial charge in [-0.25, -0.2) is 4.79 Å². The molecule has 1 aliphatic rings. The molecule has 0 aliphatic carbocycles. The topological polar surface area (TPSA) is 84.9 Å². The molecule has 1 heterocycles. The number of hydrogen-bond acceptors (Lipinski definition) is 4. The molecule has 2 N–H and O–H groups in total. The summed E-state index contributed by atoms with van der Waals surface area (Å²) in [4.78, 5) is 23.0. The highest BCUT2D eigenvalue weighted by Crippen LogP contribution is 2.30. The molecular weight excluding hydrogens is 334 g/mol. The minimum Gasteiger partial charge on any atom is -0.490 e. The molecule has 136 valence electrons. The highest BCUT2D eigenvalue weighted by atomic mass is 16.5. The number of hydrogen-bond donors (Lipinski definition) is 2. The molecule has 2 aromatic rings. The van der Waals surface area contributed by atoms with Crippen LogP contribution in [0, 0.1) is 0 Å². The summed E-state index contributed by atoms with van der Waals surface area (Å²) in [6.07, 6.45) is 1.80. The zero-order chi connectivity index (χ0) is 18.4. The molecule has 0 aromatic heterocycles. The smallest absolute Gasteiger partial charge is 0.335 e. The first-order chi connectivity index (χ1) is 12.6. The van der Waals surface area contributed by atoms with Gasteiger partial charge in [-0.1, -0.05) is 18.2 Å². The Bertz CT molecular complexity index is 803. The Hall–Kier alpha value is -3.02. The number of aryl methyl sites for hydroxylation is 1. The lowest BCUT2D eigenvalue weighted by Gasteiger charge is -2.10. The van der Waals surface area contributed by atoms with E-state index in [-0.39, 0.29) is 11.5 Å². The second-order valence-electron chi connectivity index (χ2n) is 6.11. The van der Waals surface area contributed by atoms with Crippen molar-refractivity contribution in [2.45, 2.75) is 25.8 Å². The van der Waals surface area contributed by atoms with E-state index in [1.165, 1.54) is 6.07 Å². The Morgan fingerprint density at radius 3 is 2.62 bits per heavy atom. The average Bonchev–Trinajstić information content (AvgIpc) is 2.89. The number of carboxylic acids is 1. The van der Waals surface area contributed by atoms with E-state index < -0.39 is 5.97 Å². The Kier molecular flexibility index (Phi) is 5.73. The Morgan fingerprint density at radius 2 is 1.81 bits per heavy atom. The molecule has 6 heteroatoms. The first-order valence-electron chi connectivity index (χ1n) is 8.59. The summed E-state index contributed by atoms with van der Waals surface area (Å²) >= 11 is 0. The second-order valence-corrected chi connectivity index (χ2v) is 6.11. The standard InChI is InChI=1S/C20H21NO5/c22-19(21-13-15-3-1-4-16(11-15)20(23)24)8-6-14-5-7-17-18(12-14)26-10-2-9-25-17/h1,3-5,7,11-12H,2,6,8-10,13H2,(H,21,22)(H,23,24). The van der Waals surface area contributed by atoms with E-state index in [0.29, 0.717) is 32.6 Å². The number of carbonyl (C=O) groups excluding carboxylic acids is 1. The number of ether oxygens (including phenoxy) is 2. The van der Waals surface area contributed by atoms with Crippen LogP contribution in [0.5, 0.6) is 11.5 Å². The minimum absolute atomic E-state index is 0.0853. The van der Waals surface area contributed by atoms with Crippen LogP contribution in [0.2, 0.25) is 0 Å². The maximum Gasteiger partial charge on any atom is 0.335 e. The van der Waals surface area contributed by atoms with E-state index >= 15 is 0 Å². The summed E-state index contributed by atoms with van der Waals surface area (Å²) < 4.78 is 11.3. The molecule has 0 atom stereocenters. The predicted molar refractivity (Wildman–Crippen MR) is 95.6 cm³/mol. The highest BCUT2D eigenvalue weighted by molar-refractivity contribution is 5.87. The predicted octanol–water partition coefficient (Wildman–Crippen LogP) is 2.80. The zero-order valence-corrected chi connectivity index (χ0v) is 14.4. The van der Waals surface area contributed by atoms with Gasteiger partial charge in [0.25, 0.3) is 0 Å². The molecule has 0 saturated heterocycles. The van der Waals surface area contributed by atoms with Crippen molar-refractivity contribution in [1.29, 1.82) is 0 Å². The van der Waals surface area contributed by atoms with E-state index in [0.717, 1.165) is 29.0 Å². The van der Waals surface area contributed by atoms with Crippen LogP contribution in [0.1, 0.15) is 34.3 Å². The molecule has 1 amide bonds. The van der Waals surface area contributed by atoms with E-state index in [1.807, 2.05) is 18.2 Å². The molecular formula is C20H21NO5. The third-order valence-electron chi connectivity index (χ3n) is 4.12. The van der Waals surface area contributed by atoms with Crippen molar-refractivity contribution in [3.8, 4) is 11.5 Å². The number of aromatic carboxylic acids is 1. The van der Waals surface area contributed by atoms with Crippen molar-refractivity contribution >= 4 is 11.9 Å². The van der Waals surface area contributed by atoms with Gasteiger partial charge in [-0.05, 0) is 41.8 Å². The normalized spacial score (nSPS) is 12.9. The molecule has 0 unspecified atom stereocenters. The molecule has 0 bridgehead atoms. The van der Waals surface area contributed by atoms with Crippen molar-refractivity contribution in [3.05, 3.63) is 59.2 Å². The van der Waals surface area contributed by atoms with E-state index in [2.05, 4.69) is 5.32 Å². The van der Waals surface area contributed by atoms with Gasteiger partial charge in [0.1, 0.15) is 0 Å². The number of nitrogens with one attached hydrogen (secondary N) is 1.